The second-order valence-electron chi connectivity index (χ2n) is 9.91. The molecule has 1 aliphatic rings. The highest BCUT2D eigenvalue weighted by Gasteiger charge is 2.41. The Hall–Kier alpha value is -2.98. The van der Waals surface area contributed by atoms with E-state index in [1.54, 1.807) is 6.92 Å². The van der Waals surface area contributed by atoms with Crippen LogP contribution >= 0.6 is 0 Å². The number of ether oxygens (including phenoxy) is 1. The second kappa shape index (κ2) is 13.9. The first-order valence-electron chi connectivity index (χ1n) is 12.5. The number of benzene rings is 1. The molecule has 1 aliphatic heterocycles. The number of carbonyl (C=O) groups excluding carboxylic acids is 3. The lowest BCUT2D eigenvalue weighted by molar-refractivity contribution is -0.162. The molecule has 0 spiro atoms. The highest BCUT2D eigenvalue weighted by Crippen LogP contribution is 2.26. The van der Waals surface area contributed by atoms with Gasteiger partial charge in [0.15, 0.2) is 0 Å². The Morgan fingerprint density at radius 1 is 1.14 bits per heavy atom. The average Bonchev–Trinajstić information content (AvgIpc) is 3.31. The zero-order valence-electron chi connectivity index (χ0n) is 21.3. The minimum atomic E-state index is -1.18. The van der Waals surface area contributed by atoms with Crippen molar-refractivity contribution in [3.63, 3.8) is 0 Å². The Morgan fingerprint density at radius 2 is 1.81 bits per heavy atom. The van der Waals surface area contributed by atoms with Gasteiger partial charge in [-0.1, -0.05) is 51.1 Å². The van der Waals surface area contributed by atoms with Crippen molar-refractivity contribution < 1.29 is 34.1 Å². The molecule has 5 atom stereocenters. The molecular formula is C26H39N3O7. The summed E-state index contributed by atoms with van der Waals surface area (Å²) in [7, 11) is 0. The Bertz CT molecular complexity index is 893. The summed E-state index contributed by atoms with van der Waals surface area (Å²) >= 11 is 0. The zero-order valence-corrected chi connectivity index (χ0v) is 21.3. The number of nitrogens with zero attached hydrogens (tertiary/aromatic N) is 1. The molecule has 0 saturated carbocycles. The lowest BCUT2D eigenvalue weighted by Gasteiger charge is -2.34. The first kappa shape index (κ1) is 29.3. The van der Waals surface area contributed by atoms with Crippen LogP contribution in [0.25, 0.3) is 0 Å². The summed E-state index contributed by atoms with van der Waals surface area (Å²) in [6.07, 6.45) is -0.164. The van der Waals surface area contributed by atoms with E-state index in [2.05, 4.69) is 5.32 Å². The molecule has 1 heterocycles. The van der Waals surface area contributed by atoms with Gasteiger partial charge in [0.2, 0.25) is 11.8 Å². The normalized spacial score (nSPS) is 18.8. The van der Waals surface area contributed by atoms with Gasteiger partial charge in [0.25, 0.3) is 0 Å². The standard InChI is InChI=1S/C26H39N3O7/c1-16(2)12-22(31)28-19(13-18-8-5-4-6-9-18)26(35)36-21(14-23(32)33)20-10-7-11-29(20)25(34)24(27)17(3)15-30/h4-6,8-9,16-17,19-21,24,30H,7,10-15,27H2,1-3H3,(H,28,31)(H,32,33)/t17?,19-,20-,21-,24-/m0/s1. The van der Waals surface area contributed by atoms with Gasteiger partial charge in [0.1, 0.15) is 12.1 Å². The summed E-state index contributed by atoms with van der Waals surface area (Å²) in [5.41, 5.74) is 6.83. The number of aliphatic hydroxyl groups is 1. The third kappa shape index (κ3) is 8.60. The van der Waals surface area contributed by atoms with Crippen molar-refractivity contribution >= 4 is 23.8 Å². The van der Waals surface area contributed by atoms with Crippen LogP contribution in [-0.4, -0.2) is 76.2 Å². The van der Waals surface area contributed by atoms with Crippen LogP contribution < -0.4 is 11.1 Å². The summed E-state index contributed by atoms with van der Waals surface area (Å²) in [5, 5.41) is 21.6. The van der Waals surface area contributed by atoms with Gasteiger partial charge in [0.05, 0.1) is 18.5 Å². The van der Waals surface area contributed by atoms with Crippen LogP contribution in [-0.2, 0) is 30.3 Å². The van der Waals surface area contributed by atoms with Crippen LogP contribution in [0.4, 0.5) is 0 Å². The first-order valence-corrected chi connectivity index (χ1v) is 12.5. The predicted molar refractivity (Wildman–Crippen MR) is 133 cm³/mol. The summed E-state index contributed by atoms with van der Waals surface area (Å²) in [6, 6.07) is 6.48. The van der Waals surface area contributed by atoms with Crippen LogP contribution in [0.15, 0.2) is 30.3 Å². The molecule has 1 aromatic rings. The maximum Gasteiger partial charge on any atom is 0.329 e. The topological polar surface area (TPSA) is 159 Å². The maximum absolute atomic E-state index is 13.3. The molecular weight excluding hydrogens is 466 g/mol. The van der Waals surface area contributed by atoms with Crippen molar-refractivity contribution in [2.24, 2.45) is 17.6 Å². The van der Waals surface area contributed by atoms with E-state index in [4.69, 9.17) is 10.5 Å². The fourth-order valence-electron chi connectivity index (χ4n) is 4.33. The van der Waals surface area contributed by atoms with E-state index in [1.807, 2.05) is 44.2 Å². The lowest BCUT2D eigenvalue weighted by Crippen LogP contribution is -2.54. The molecule has 0 aliphatic carbocycles. The third-order valence-corrected chi connectivity index (χ3v) is 6.34. The molecule has 200 valence electrons. The van der Waals surface area contributed by atoms with E-state index in [0.717, 1.165) is 5.56 Å². The van der Waals surface area contributed by atoms with Crippen molar-refractivity contribution in [1.82, 2.24) is 10.2 Å². The zero-order chi connectivity index (χ0) is 26.8. The molecule has 0 radical (unpaired) electrons. The number of hydrogen-bond acceptors (Lipinski definition) is 7. The highest BCUT2D eigenvalue weighted by atomic mass is 16.5. The number of carbonyl (C=O) groups is 4. The van der Waals surface area contributed by atoms with Crippen molar-refractivity contribution in [2.45, 2.75) is 77.1 Å². The number of rotatable bonds is 13. The fraction of sp³-hybridized carbons (Fsp3) is 0.615. The lowest BCUT2D eigenvalue weighted by atomic mass is 10.00. The van der Waals surface area contributed by atoms with Gasteiger partial charge in [-0.05, 0) is 24.3 Å². The van der Waals surface area contributed by atoms with Crippen LogP contribution in [0.5, 0.6) is 0 Å². The molecule has 2 rings (SSSR count). The molecule has 10 nitrogen and oxygen atoms in total. The van der Waals surface area contributed by atoms with E-state index in [9.17, 15) is 29.4 Å². The fourth-order valence-corrected chi connectivity index (χ4v) is 4.33. The number of carboxylic acid groups (broad SMARTS) is 1. The number of aliphatic hydroxyl groups excluding tert-OH is 1. The Labute approximate surface area is 212 Å². The Balaban J connectivity index is 2.24. The number of carboxylic acids is 1. The van der Waals surface area contributed by atoms with E-state index in [1.165, 1.54) is 4.90 Å². The van der Waals surface area contributed by atoms with Crippen molar-refractivity contribution in [3.05, 3.63) is 35.9 Å². The summed E-state index contributed by atoms with van der Waals surface area (Å²) in [6.45, 7) is 5.51. The number of hydrogen-bond donors (Lipinski definition) is 4. The van der Waals surface area contributed by atoms with Crippen molar-refractivity contribution in [2.75, 3.05) is 13.2 Å². The largest absolute Gasteiger partial charge is 0.481 e. The smallest absolute Gasteiger partial charge is 0.329 e. The molecule has 1 aromatic carbocycles. The average molecular weight is 506 g/mol. The molecule has 2 amide bonds. The van der Waals surface area contributed by atoms with E-state index in [-0.39, 0.29) is 31.3 Å². The Kier molecular flexibility index (Phi) is 11.3. The van der Waals surface area contributed by atoms with E-state index >= 15 is 0 Å². The quantitative estimate of drug-likeness (QED) is 0.290. The SMILES string of the molecule is CC(C)CC(=O)N[C@@H](Cc1ccccc1)C(=O)O[C@@H](CC(=O)O)[C@@H]1CCCN1C(=O)[C@@H](N)C(C)CO. The number of nitrogens with two attached hydrogens (primary N) is 1. The highest BCUT2D eigenvalue weighted by molar-refractivity contribution is 5.85. The van der Waals surface area contributed by atoms with Crippen molar-refractivity contribution in [3.8, 4) is 0 Å². The number of nitrogens with one attached hydrogen (secondary N) is 1. The van der Waals surface area contributed by atoms with Crippen LogP contribution in [0.2, 0.25) is 0 Å². The van der Waals surface area contributed by atoms with E-state index in [0.29, 0.717) is 19.4 Å². The first-order chi connectivity index (χ1) is 17.0. The summed E-state index contributed by atoms with van der Waals surface area (Å²) in [4.78, 5) is 51.9. The molecule has 5 N–H and O–H groups in total. The van der Waals surface area contributed by atoms with Crippen LogP contribution in [0.3, 0.4) is 0 Å². The number of aliphatic carboxylic acids is 1. The molecule has 1 fully saturated rings. The number of esters is 1. The minimum Gasteiger partial charge on any atom is -0.481 e. The van der Waals surface area contributed by atoms with Gasteiger partial charge in [-0.2, -0.15) is 0 Å². The van der Waals surface area contributed by atoms with E-state index < -0.39 is 54.4 Å². The Morgan fingerprint density at radius 3 is 2.39 bits per heavy atom. The third-order valence-electron chi connectivity index (χ3n) is 6.34. The van der Waals surface area contributed by atoms with Gasteiger partial charge >= 0.3 is 11.9 Å². The monoisotopic (exact) mass is 505 g/mol. The van der Waals surface area contributed by atoms with Gasteiger partial charge in [0, 0.05) is 31.9 Å². The predicted octanol–water partition coefficient (Wildman–Crippen LogP) is 1.09. The summed E-state index contributed by atoms with van der Waals surface area (Å²) in [5.74, 6) is -3.05. The van der Waals surface area contributed by atoms with Gasteiger partial charge in [-0.15, -0.1) is 0 Å². The molecule has 1 unspecified atom stereocenters. The van der Waals surface area contributed by atoms with Crippen LogP contribution in [0.1, 0.15) is 52.0 Å². The molecule has 0 aromatic heterocycles. The summed E-state index contributed by atoms with van der Waals surface area (Å²) < 4.78 is 5.71. The van der Waals surface area contributed by atoms with Gasteiger partial charge < -0.3 is 30.9 Å². The molecule has 0 bridgehead atoms. The minimum absolute atomic E-state index is 0.0849. The molecule has 1 saturated heterocycles. The molecule has 36 heavy (non-hydrogen) atoms. The van der Waals surface area contributed by atoms with Crippen LogP contribution in [0, 0.1) is 11.8 Å². The number of amides is 2. The molecule has 10 heteroatoms. The number of likely N-dealkylation sites (tertiary alicyclic amines) is 1. The van der Waals surface area contributed by atoms with Crippen molar-refractivity contribution in [1.29, 1.82) is 0 Å². The maximum atomic E-state index is 13.3. The van der Waals surface area contributed by atoms with Gasteiger partial charge in [-0.3, -0.25) is 14.4 Å². The van der Waals surface area contributed by atoms with Gasteiger partial charge in [-0.25, -0.2) is 4.79 Å². The second-order valence-corrected chi connectivity index (χ2v) is 9.91.